The van der Waals surface area contributed by atoms with Crippen molar-refractivity contribution in [1.29, 1.82) is 0 Å². The Morgan fingerprint density at radius 3 is 2.38 bits per heavy atom. The average molecular weight is 285 g/mol. The highest BCUT2D eigenvalue weighted by atomic mass is 16.5. The van der Waals surface area contributed by atoms with Crippen LogP contribution in [0.15, 0.2) is 42.5 Å². The largest absolute Gasteiger partial charge is 0.453 e. The molecule has 108 valence electrons. The van der Waals surface area contributed by atoms with E-state index in [2.05, 4.69) is 5.32 Å². The number of nitrogen functional groups attached to an aromatic ring is 1. The van der Waals surface area contributed by atoms with Crippen LogP contribution in [0.2, 0.25) is 0 Å². The molecule has 0 aliphatic heterocycles. The number of benzene rings is 2. The number of carbonyl (C=O) groups excluding carboxylic acids is 2. The fraction of sp³-hybridized carbons (Fsp3) is 0.0667. The predicted molar refractivity (Wildman–Crippen MR) is 80.2 cm³/mol. The molecule has 0 aliphatic rings. The number of nitrogens with two attached hydrogens (primary N) is 2. The summed E-state index contributed by atoms with van der Waals surface area (Å²) in [4.78, 5) is 22.4. The normalized spacial score (nSPS) is 9.95. The van der Waals surface area contributed by atoms with Gasteiger partial charge in [0.05, 0.1) is 16.9 Å². The molecule has 0 aromatic heterocycles. The Labute approximate surface area is 121 Å². The highest BCUT2D eigenvalue weighted by Crippen LogP contribution is 2.33. The molecule has 0 heterocycles. The van der Waals surface area contributed by atoms with Gasteiger partial charge >= 0.3 is 0 Å². The molecular weight excluding hydrogens is 270 g/mol. The third-order valence-electron chi connectivity index (χ3n) is 2.75. The van der Waals surface area contributed by atoms with E-state index in [0.29, 0.717) is 17.2 Å². The molecule has 0 fully saturated rings. The number of para-hydroxylation sites is 3. The number of hydrogen-bond acceptors (Lipinski definition) is 4. The zero-order chi connectivity index (χ0) is 15.4. The average Bonchev–Trinajstić information content (AvgIpc) is 2.42. The number of ether oxygens (including phenoxy) is 1. The van der Waals surface area contributed by atoms with Crippen molar-refractivity contribution in [3.63, 3.8) is 0 Å². The summed E-state index contributed by atoms with van der Waals surface area (Å²) in [6.45, 7) is 1.40. The maximum atomic E-state index is 11.3. The van der Waals surface area contributed by atoms with E-state index in [-0.39, 0.29) is 17.2 Å². The molecule has 0 saturated heterocycles. The molecule has 0 radical (unpaired) electrons. The monoisotopic (exact) mass is 285 g/mol. The highest BCUT2D eigenvalue weighted by Gasteiger charge is 2.12. The number of hydrogen-bond donors (Lipinski definition) is 3. The minimum absolute atomic E-state index is 0.155. The molecule has 2 aromatic rings. The van der Waals surface area contributed by atoms with Crippen molar-refractivity contribution in [3.05, 3.63) is 48.0 Å². The summed E-state index contributed by atoms with van der Waals surface area (Å²) in [7, 11) is 0. The lowest BCUT2D eigenvalue weighted by Gasteiger charge is -2.13. The quantitative estimate of drug-likeness (QED) is 0.748. The second-order valence-electron chi connectivity index (χ2n) is 4.36. The summed E-state index contributed by atoms with van der Waals surface area (Å²) in [5, 5.41) is 2.65. The smallest absolute Gasteiger partial charge is 0.250 e. The van der Waals surface area contributed by atoms with Gasteiger partial charge in [0, 0.05) is 6.92 Å². The Hall–Kier alpha value is -3.02. The van der Waals surface area contributed by atoms with Gasteiger partial charge < -0.3 is 21.5 Å². The van der Waals surface area contributed by atoms with Crippen LogP contribution < -0.4 is 21.5 Å². The maximum Gasteiger partial charge on any atom is 0.250 e. The Kier molecular flexibility index (Phi) is 4.08. The van der Waals surface area contributed by atoms with Crippen LogP contribution in [0, 0.1) is 0 Å². The molecular formula is C15H15N3O3. The first kappa shape index (κ1) is 14.4. The van der Waals surface area contributed by atoms with Crippen molar-refractivity contribution in [2.24, 2.45) is 5.73 Å². The van der Waals surface area contributed by atoms with E-state index in [1.54, 1.807) is 36.4 Å². The lowest BCUT2D eigenvalue weighted by Crippen LogP contribution is -2.14. The molecule has 0 bridgehead atoms. The van der Waals surface area contributed by atoms with E-state index in [0.717, 1.165) is 0 Å². The van der Waals surface area contributed by atoms with Crippen molar-refractivity contribution in [2.45, 2.75) is 6.92 Å². The van der Waals surface area contributed by atoms with Crippen LogP contribution in [0.25, 0.3) is 0 Å². The second kappa shape index (κ2) is 5.96. The molecule has 2 amide bonds. The third-order valence-corrected chi connectivity index (χ3v) is 2.75. The summed E-state index contributed by atoms with van der Waals surface area (Å²) in [5.41, 5.74) is 12.0. The predicted octanol–water partition coefficient (Wildman–Crippen LogP) is 2.12. The zero-order valence-electron chi connectivity index (χ0n) is 11.4. The zero-order valence-corrected chi connectivity index (χ0v) is 11.4. The SMILES string of the molecule is CC(=O)Nc1ccccc1Oc1cccc(C(N)=O)c1N. The fourth-order valence-electron chi connectivity index (χ4n) is 1.81. The van der Waals surface area contributed by atoms with Gasteiger partial charge in [0.2, 0.25) is 5.91 Å². The van der Waals surface area contributed by atoms with E-state index in [4.69, 9.17) is 16.2 Å². The molecule has 6 nitrogen and oxygen atoms in total. The topological polar surface area (TPSA) is 107 Å². The van der Waals surface area contributed by atoms with Crippen molar-refractivity contribution >= 4 is 23.2 Å². The van der Waals surface area contributed by atoms with E-state index in [1.165, 1.54) is 13.0 Å². The molecule has 21 heavy (non-hydrogen) atoms. The van der Waals surface area contributed by atoms with Crippen LogP contribution in [0.5, 0.6) is 11.5 Å². The molecule has 2 aromatic carbocycles. The van der Waals surface area contributed by atoms with Gasteiger partial charge in [-0.2, -0.15) is 0 Å². The van der Waals surface area contributed by atoms with Gasteiger partial charge in [-0.05, 0) is 24.3 Å². The fourth-order valence-corrected chi connectivity index (χ4v) is 1.81. The molecule has 0 spiro atoms. The number of primary amides is 1. The van der Waals surface area contributed by atoms with Crippen LogP contribution in [0.4, 0.5) is 11.4 Å². The maximum absolute atomic E-state index is 11.3. The van der Waals surface area contributed by atoms with Crippen molar-refractivity contribution in [2.75, 3.05) is 11.1 Å². The summed E-state index contributed by atoms with van der Waals surface area (Å²) in [6.07, 6.45) is 0. The van der Waals surface area contributed by atoms with Gasteiger partial charge in [-0.3, -0.25) is 9.59 Å². The molecule has 0 unspecified atom stereocenters. The van der Waals surface area contributed by atoms with Gasteiger partial charge in [0.25, 0.3) is 5.91 Å². The Morgan fingerprint density at radius 1 is 1.05 bits per heavy atom. The number of carbonyl (C=O) groups is 2. The van der Waals surface area contributed by atoms with Crippen molar-refractivity contribution < 1.29 is 14.3 Å². The summed E-state index contributed by atoms with van der Waals surface area (Å²) in [5.74, 6) is -0.136. The number of anilines is 2. The Bertz CT molecular complexity index is 698. The standard InChI is InChI=1S/C15H15N3O3/c1-9(19)18-11-6-2-3-7-12(11)21-13-8-4-5-10(14(13)16)15(17)20/h2-8H,16H2,1H3,(H2,17,20)(H,18,19). The second-order valence-corrected chi connectivity index (χ2v) is 4.36. The molecule has 5 N–H and O–H groups in total. The minimum Gasteiger partial charge on any atom is -0.453 e. The highest BCUT2D eigenvalue weighted by molar-refractivity contribution is 5.99. The molecule has 0 saturated carbocycles. The van der Waals surface area contributed by atoms with Gasteiger partial charge in [-0.15, -0.1) is 0 Å². The van der Waals surface area contributed by atoms with Crippen LogP contribution in [-0.4, -0.2) is 11.8 Å². The van der Waals surface area contributed by atoms with Crippen molar-refractivity contribution in [3.8, 4) is 11.5 Å². The van der Waals surface area contributed by atoms with E-state index >= 15 is 0 Å². The van der Waals surface area contributed by atoms with Gasteiger partial charge in [-0.25, -0.2) is 0 Å². The summed E-state index contributed by atoms with van der Waals surface area (Å²) < 4.78 is 5.68. The minimum atomic E-state index is -0.631. The molecule has 2 rings (SSSR count). The van der Waals surface area contributed by atoms with Gasteiger partial charge in [0.1, 0.15) is 0 Å². The lowest BCUT2D eigenvalue weighted by atomic mass is 10.1. The summed E-state index contributed by atoms with van der Waals surface area (Å²) >= 11 is 0. The number of nitrogens with one attached hydrogen (secondary N) is 1. The van der Waals surface area contributed by atoms with Crippen LogP contribution in [-0.2, 0) is 4.79 Å². The van der Waals surface area contributed by atoms with Gasteiger partial charge in [-0.1, -0.05) is 18.2 Å². The van der Waals surface area contributed by atoms with E-state index in [1.807, 2.05) is 0 Å². The van der Waals surface area contributed by atoms with Crippen LogP contribution in [0.1, 0.15) is 17.3 Å². The number of amides is 2. The molecule has 0 aliphatic carbocycles. The van der Waals surface area contributed by atoms with Crippen LogP contribution in [0.3, 0.4) is 0 Å². The van der Waals surface area contributed by atoms with E-state index in [9.17, 15) is 9.59 Å². The van der Waals surface area contributed by atoms with E-state index < -0.39 is 5.91 Å². The Morgan fingerprint density at radius 2 is 1.71 bits per heavy atom. The van der Waals surface area contributed by atoms with Crippen molar-refractivity contribution in [1.82, 2.24) is 0 Å². The molecule has 0 atom stereocenters. The third kappa shape index (κ3) is 3.30. The summed E-state index contributed by atoms with van der Waals surface area (Å²) in [6, 6.07) is 11.7. The Balaban J connectivity index is 2.37. The number of rotatable bonds is 4. The van der Waals surface area contributed by atoms with Crippen LogP contribution >= 0.6 is 0 Å². The molecule has 6 heteroatoms. The first-order chi connectivity index (χ1) is 9.99. The van der Waals surface area contributed by atoms with Gasteiger partial charge in [0.15, 0.2) is 11.5 Å². The first-order valence-corrected chi connectivity index (χ1v) is 6.22. The first-order valence-electron chi connectivity index (χ1n) is 6.22. The lowest BCUT2D eigenvalue weighted by molar-refractivity contribution is -0.114.